The van der Waals surface area contributed by atoms with Gasteiger partial charge in [0.25, 0.3) is 0 Å². The molecule has 1 atom stereocenters. The predicted molar refractivity (Wildman–Crippen MR) is 126 cm³/mol. The average Bonchev–Trinajstić information content (AvgIpc) is 3.22. The second kappa shape index (κ2) is 12.3. The fourth-order valence-electron chi connectivity index (χ4n) is 2.91. The smallest absolute Gasteiger partial charge is 0.119 e. The number of aryl methyl sites for hydroxylation is 2. The van der Waals surface area contributed by atoms with Gasteiger partial charge in [-0.15, -0.1) is 5.10 Å². The number of rotatable bonds is 8. The van der Waals surface area contributed by atoms with Gasteiger partial charge in [0.05, 0.1) is 12.8 Å². The first-order chi connectivity index (χ1) is 14.4. The summed E-state index contributed by atoms with van der Waals surface area (Å²) in [6.07, 6.45) is 10.8. The van der Waals surface area contributed by atoms with Crippen molar-refractivity contribution >= 4 is 5.57 Å². The lowest BCUT2D eigenvalue weighted by molar-refractivity contribution is 0.298. The van der Waals surface area contributed by atoms with Crippen molar-refractivity contribution in [3.05, 3.63) is 59.9 Å². The molecule has 5 heteroatoms. The number of nitrogens with one attached hydrogen (secondary N) is 1. The summed E-state index contributed by atoms with van der Waals surface area (Å²) in [5, 5.41) is 11.6. The zero-order chi connectivity index (χ0) is 21.9. The van der Waals surface area contributed by atoms with E-state index < -0.39 is 0 Å². The van der Waals surface area contributed by atoms with Gasteiger partial charge in [0.15, 0.2) is 0 Å². The molecule has 5 nitrogen and oxygen atoms in total. The molecule has 1 aromatic heterocycles. The molecule has 0 saturated carbocycles. The fraction of sp³-hybridized carbons (Fsp3) is 0.520. The highest BCUT2D eigenvalue weighted by Crippen LogP contribution is 2.27. The maximum atomic E-state index is 5.76. The summed E-state index contributed by atoms with van der Waals surface area (Å²) in [6, 6.07) is 8.78. The van der Waals surface area contributed by atoms with E-state index in [2.05, 4.69) is 80.6 Å². The van der Waals surface area contributed by atoms with Gasteiger partial charge in [-0.2, -0.15) is 0 Å². The highest BCUT2D eigenvalue weighted by molar-refractivity contribution is 5.72. The normalized spacial score (nSPS) is 15.7. The number of aromatic nitrogens is 3. The van der Waals surface area contributed by atoms with Gasteiger partial charge in [0.2, 0.25) is 0 Å². The second-order valence-corrected chi connectivity index (χ2v) is 8.49. The quantitative estimate of drug-likeness (QED) is 0.601. The molecule has 30 heavy (non-hydrogen) atoms. The molecule has 3 rings (SSSR count). The lowest BCUT2D eigenvalue weighted by Gasteiger charge is -2.18. The topological polar surface area (TPSA) is 52.0 Å². The number of benzene rings is 1. The van der Waals surface area contributed by atoms with Gasteiger partial charge in [-0.3, -0.25) is 4.68 Å². The Bertz CT molecular complexity index is 803. The average molecular weight is 411 g/mol. The third kappa shape index (κ3) is 8.15. The van der Waals surface area contributed by atoms with Gasteiger partial charge in [0.1, 0.15) is 11.4 Å². The minimum Gasteiger partial charge on any atom is -0.494 e. The van der Waals surface area contributed by atoms with E-state index in [1.807, 2.05) is 30.1 Å². The molecular formula is C25H38N4O. The first kappa shape index (κ1) is 23.9. The largest absolute Gasteiger partial charge is 0.494 e. The van der Waals surface area contributed by atoms with Crippen LogP contribution in [0, 0.1) is 18.8 Å². The van der Waals surface area contributed by atoms with Crippen molar-refractivity contribution in [3.8, 4) is 5.75 Å². The first-order valence-electron chi connectivity index (χ1n) is 11.0. The van der Waals surface area contributed by atoms with Gasteiger partial charge in [-0.05, 0) is 49.9 Å². The Hall–Kier alpha value is -2.40. The SMILES string of the molecule is CNC(C)C.Cc1ccc(OCCCn2cc(C3=CCC(C(C)C)C=C3)nn2)cc1. The molecule has 0 bridgehead atoms. The molecule has 1 aliphatic rings. The molecule has 1 aliphatic carbocycles. The lowest BCUT2D eigenvalue weighted by atomic mass is 9.87. The summed E-state index contributed by atoms with van der Waals surface area (Å²) in [6.45, 7) is 12.3. The molecule has 0 aliphatic heterocycles. The van der Waals surface area contributed by atoms with Crippen molar-refractivity contribution in [1.82, 2.24) is 20.3 Å². The van der Waals surface area contributed by atoms with Crippen molar-refractivity contribution in [1.29, 1.82) is 0 Å². The molecule has 0 amide bonds. The number of hydrogen-bond donors (Lipinski definition) is 1. The third-order valence-electron chi connectivity index (χ3n) is 5.22. The summed E-state index contributed by atoms with van der Waals surface area (Å²) in [5.41, 5.74) is 3.38. The Morgan fingerprint density at radius 2 is 1.87 bits per heavy atom. The first-order valence-corrected chi connectivity index (χ1v) is 11.0. The molecule has 1 aromatic carbocycles. The van der Waals surface area contributed by atoms with Crippen LogP contribution in [0.25, 0.3) is 5.57 Å². The Morgan fingerprint density at radius 3 is 2.43 bits per heavy atom. The van der Waals surface area contributed by atoms with Crippen LogP contribution in [0.2, 0.25) is 0 Å². The van der Waals surface area contributed by atoms with Crippen molar-refractivity contribution < 1.29 is 4.74 Å². The van der Waals surface area contributed by atoms with Gasteiger partial charge < -0.3 is 10.1 Å². The lowest BCUT2D eigenvalue weighted by Crippen LogP contribution is -2.15. The number of allylic oxidation sites excluding steroid dienone is 4. The van der Waals surface area contributed by atoms with Gasteiger partial charge in [-0.25, -0.2) is 0 Å². The predicted octanol–water partition coefficient (Wildman–Crippen LogP) is 5.29. The number of nitrogens with zero attached hydrogens (tertiary/aromatic N) is 3. The summed E-state index contributed by atoms with van der Waals surface area (Å²) >= 11 is 0. The standard InChI is InChI=1S/C21H27N3O.C4H11N/c1-16(2)18-7-9-19(10-8-18)21-15-24(23-22-21)13-4-14-25-20-11-5-17(3)6-12-20;1-4(2)5-3/h5-7,9-12,15-16,18H,4,8,13-14H2,1-3H3;4-5H,1-3H3. The summed E-state index contributed by atoms with van der Waals surface area (Å²) in [7, 11) is 1.95. The molecule has 0 spiro atoms. The Labute approximate surface area is 182 Å². The van der Waals surface area contributed by atoms with Crippen LogP contribution in [0.15, 0.2) is 48.7 Å². The molecular weight excluding hydrogens is 372 g/mol. The van der Waals surface area contributed by atoms with Crippen LogP contribution in [0.5, 0.6) is 5.75 Å². The second-order valence-electron chi connectivity index (χ2n) is 8.49. The van der Waals surface area contributed by atoms with Crippen LogP contribution < -0.4 is 10.1 Å². The summed E-state index contributed by atoms with van der Waals surface area (Å²) < 4.78 is 7.66. The summed E-state index contributed by atoms with van der Waals surface area (Å²) in [5.74, 6) is 2.23. The molecule has 1 heterocycles. The van der Waals surface area contributed by atoms with Crippen LogP contribution in [-0.4, -0.2) is 34.7 Å². The highest BCUT2D eigenvalue weighted by atomic mass is 16.5. The van der Waals surface area contributed by atoms with Crippen LogP contribution >= 0.6 is 0 Å². The van der Waals surface area contributed by atoms with Gasteiger partial charge >= 0.3 is 0 Å². The molecule has 164 valence electrons. The number of ether oxygens (including phenoxy) is 1. The van der Waals surface area contributed by atoms with E-state index in [0.717, 1.165) is 30.8 Å². The van der Waals surface area contributed by atoms with E-state index in [4.69, 9.17) is 4.74 Å². The molecule has 1 unspecified atom stereocenters. The van der Waals surface area contributed by atoms with Crippen molar-refractivity contribution in [2.24, 2.45) is 11.8 Å². The summed E-state index contributed by atoms with van der Waals surface area (Å²) in [4.78, 5) is 0. The minimum atomic E-state index is 0.634. The van der Waals surface area contributed by atoms with Crippen molar-refractivity contribution in [3.63, 3.8) is 0 Å². The highest BCUT2D eigenvalue weighted by Gasteiger charge is 2.14. The Balaban J connectivity index is 0.000000575. The van der Waals surface area contributed by atoms with Crippen LogP contribution in [0.3, 0.4) is 0 Å². The molecule has 0 radical (unpaired) electrons. The zero-order valence-corrected chi connectivity index (χ0v) is 19.4. The maximum absolute atomic E-state index is 5.76. The van der Waals surface area contributed by atoms with Crippen LogP contribution in [0.4, 0.5) is 0 Å². The van der Waals surface area contributed by atoms with Crippen molar-refractivity contribution in [2.45, 2.75) is 60.0 Å². The monoisotopic (exact) mass is 410 g/mol. The van der Waals surface area contributed by atoms with E-state index in [1.165, 1.54) is 11.1 Å². The van der Waals surface area contributed by atoms with E-state index in [9.17, 15) is 0 Å². The molecule has 1 N–H and O–H groups in total. The van der Waals surface area contributed by atoms with Gasteiger partial charge in [0, 0.05) is 19.0 Å². The van der Waals surface area contributed by atoms with Crippen LogP contribution in [-0.2, 0) is 6.54 Å². The van der Waals surface area contributed by atoms with Gasteiger partial charge in [-0.1, -0.05) is 68.8 Å². The number of hydrogen-bond acceptors (Lipinski definition) is 4. The van der Waals surface area contributed by atoms with Crippen LogP contribution in [0.1, 0.15) is 51.8 Å². The van der Waals surface area contributed by atoms with E-state index in [0.29, 0.717) is 24.5 Å². The Kier molecular flexibility index (Phi) is 9.81. The molecule has 2 aromatic rings. The Morgan fingerprint density at radius 1 is 1.17 bits per heavy atom. The fourth-order valence-corrected chi connectivity index (χ4v) is 2.91. The zero-order valence-electron chi connectivity index (χ0n) is 19.4. The molecule has 0 fully saturated rings. The third-order valence-corrected chi connectivity index (χ3v) is 5.22. The molecule has 0 saturated heterocycles. The maximum Gasteiger partial charge on any atom is 0.119 e. The van der Waals surface area contributed by atoms with E-state index >= 15 is 0 Å². The van der Waals surface area contributed by atoms with E-state index in [1.54, 1.807) is 0 Å². The van der Waals surface area contributed by atoms with Crippen molar-refractivity contribution in [2.75, 3.05) is 13.7 Å². The minimum absolute atomic E-state index is 0.634. The van der Waals surface area contributed by atoms with E-state index in [-0.39, 0.29) is 0 Å².